The Morgan fingerprint density at radius 1 is 0.957 bits per heavy atom. The van der Waals surface area contributed by atoms with E-state index in [2.05, 4.69) is 66.7 Å². The van der Waals surface area contributed by atoms with E-state index in [1.807, 2.05) is 6.26 Å². The Hall–Kier alpha value is -0.763. The summed E-state index contributed by atoms with van der Waals surface area (Å²) in [6, 6.07) is 3.64. The van der Waals surface area contributed by atoms with Crippen LogP contribution in [0, 0.1) is 5.92 Å². The fourth-order valence-corrected chi connectivity index (χ4v) is 5.06. The van der Waals surface area contributed by atoms with Crippen molar-refractivity contribution in [3.8, 4) is 0 Å². The predicted molar refractivity (Wildman–Crippen MR) is 108 cm³/mol. The second kappa shape index (κ2) is 12.6. The minimum absolute atomic E-state index is 0.592. The van der Waals surface area contributed by atoms with Crippen molar-refractivity contribution < 1.29 is 4.43 Å². The summed E-state index contributed by atoms with van der Waals surface area (Å²) in [5.74, 6) is 0.592. The van der Waals surface area contributed by atoms with Crippen LogP contribution in [0.2, 0.25) is 18.1 Å². The molecule has 0 saturated heterocycles. The van der Waals surface area contributed by atoms with Gasteiger partial charge in [0.15, 0.2) is 0 Å². The van der Waals surface area contributed by atoms with Crippen molar-refractivity contribution in [3.63, 3.8) is 0 Å². The average Bonchev–Trinajstić information content (AvgIpc) is 2.51. The minimum Gasteiger partial charge on any atom is -0.549 e. The summed E-state index contributed by atoms with van der Waals surface area (Å²) < 4.78 is 6.19. The summed E-state index contributed by atoms with van der Waals surface area (Å²) in [5.41, 5.74) is 2.94. The molecular weight excluding hydrogens is 296 g/mol. The molecule has 1 nitrogen and oxygen atoms in total. The molecular formula is C21H40OSi. The fourth-order valence-electron chi connectivity index (χ4n) is 2.70. The third kappa shape index (κ3) is 10.6. The van der Waals surface area contributed by atoms with Gasteiger partial charge in [-0.05, 0) is 76.6 Å². The summed E-state index contributed by atoms with van der Waals surface area (Å²) in [5, 5.41) is 0. The fraction of sp³-hybridized carbons (Fsp3) is 0.714. The van der Waals surface area contributed by atoms with Crippen LogP contribution in [-0.2, 0) is 4.43 Å². The van der Waals surface area contributed by atoms with Gasteiger partial charge >= 0.3 is 0 Å². The van der Waals surface area contributed by atoms with Crippen LogP contribution in [0.5, 0.6) is 0 Å². The van der Waals surface area contributed by atoms with Crippen LogP contribution < -0.4 is 0 Å². The smallest absolute Gasteiger partial charge is 0.249 e. The van der Waals surface area contributed by atoms with E-state index in [1.165, 1.54) is 55.0 Å². The molecule has 0 aromatic heterocycles. The Kier molecular flexibility index (Phi) is 12.2. The van der Waals surface area contributed by atoms with Gasteiger partial charge in [0.2, 0.25) is 8.32 Å². The number of allylic oxidation sites excluding steroid dienone is 5. The largest absolute Gasteiger partial charge is 0.549 e. The van der Waals surface area contributed by atoms with Gasteiger partial charge in [-0.15, -0.1) is 0 Å². The molecule has 1 atom stereocenters. The van der Waals surface area contributed by atoms with E-state index in [0.717, 1.165) is 0 Å². The Bertz CT molecular complexity index is 376. The van der Waals surface area contributed by atoms with E-state index in [9.17, 15) is 0 Å². The lowest BCUT2D eigenvalue weighted by atomic mass is 10.0. The minimum atomic E-state index is -1.46. The highest BCUT2D eigenvalue weighted by atomic mass is 28.4. The number of rotatable bonds is 12. The second-order valence-corrected chi connectivity index (χ2v) is 11.8. The van der Waals surface area contributed by atoms with E-state index in [-0.39, 0.29) is 0 Å². The number of hydrogen-bond acceptors (Lipinski definition) is 1. The first-order chi connectivity index (χ1) is 10.9. The van der Waals surface area contributed by atoms with E-state index >= 15 is 0 Å². The first kappa shape index (κ1) is 22.2. The van der Waals surface area contributed by atoms with Gasteiger partial charge in [0, 0.05) is 0 Å². The number of hydrogen-bond donors (Lipinski definition) is 0. The summed E-state index contributed by atoms with van der Waals surface area (Å²) in [6.45, 7) is 15.7. The Balaban J connectivity index is 4.13. The van der Waals surface area contributed by atoms with Gasteiger partial charge in [0.25, 0.3) is 0 Å². The standard InChI is InChI=1S/C21H40OSi/c1-8-23(9-2,10-3)22-18-17-21(7)16-12-15-20(6)14-11-13-19(4)5/h13,15,17-18,21H,8-12,14,16H2,1-7H3/b18-17?,20-15+. The van der Waals surface area contributed by atoms with Gasteiger partial charge in [-0.3, -0.25) is 0 Å². The van der Waals surface area contributed by atoms with Crippen molar-refractivity contribution in [2.75, 3.05) is 0 Å². The lowest BCUT2D eigenvalue weighted by Crippen LogP contribution is -2.33. The molecule has 2 heteroatoms. The molecule has 0 aliphatic rings. The summed E-state index contributed by atoms with van der Waals surface area (Å²) in [7, 11) is -1.46. The van der Waals surface area contributed by atoms with Crippen molar-refractivity contribution in [2.45, 2.75) is 92.3 Å². The normalized spacial score (nSPS) is 14.1. The van der Waals surface area contributed by atoms with Crippen LogP contribution in [0.1, 0.15) is 74.1 Å². The van der Waals surface area contributed by atoms with Crippen molar-refractivity contribution in [1.82, 2.24) is 0 Å². The Labute approximate surface area is 147 Å². The SMILES string of the molecule is CC[Si](CC)(CC)OC=CC(C)CC/C=C(\C)CCC=C(C)C. The zero-order valence-electron chi connectivity index (χ0n) is 16.7. The lowest BCUT2D eigenvalue weighted by Gasteiger charge is -2.26. The Morgan fingerprint density at radius 3 is 2.09 bits per heavy atom. The van der Waals surface area contributed by atoms with Crippen molar-refractivity contribution in [1.29, 1.82) is 0 Å². The molecule has 0 heterocycles. The van der Waals surface area contributed by atoms with Crippen LogP contribution in [0.3, 0.4) is 0 Å². The van der Waals surface area contributed by atoms with Crippen LogP contribution in [0.4, 0.5) is 0 Å². The van der Waals surface area contributed by atoms with Gasteiger partial charge in [0.05, 0.1) is 6.26 Å². The first-order valence-corrected chi connectivity index (χ1v) is 12.1. The van der Waals surface area contributed by atoms with Gasteiger partial charge in [-0.2, -0.15) is 0 Å². The molecule has 134 valence electrons. The molecule has 0 aromatic rings. The zero-order chi connectivity index (χ0) is 17.7. The highest BCUT2D eigenvalue weighted by Gasteiger charge is 2.28. The monoisotopic (exact) mass is 336 g/mol. The molecule has 0 fully saturated rings. The van der Waals surface area contributed by atoms with Crippen molar-refractivity contribution in [2.24, 2.45) is 5.92 Å². The van der Waals surface area contributed by atoms with E-state index < -0.39 is 8.32 Å². The van der Waals surface area contributed by atoms with E-state index in [4.69, 9.17) is 4.43 Å². The summed E-state index contributed by atoms with van der Waals surface area (Å²) in [6.07, 6.45) is 13.7. The van der Waals surface area contributed by atoms with Crippen molar-refractivity contribution in [3.05, 3.63) is 35.6 Å². The van der Waals surface area contributed by atoms with Crippen LogP contribution in [0.25, 0.3) is 0 Å². The van der Waals surface area contributed by atoms with Gasteiger partial charge in [-0.25, -0.2) is 0 Å². The highest BCUT2D eigenvalue weighted by molar-refractivity contribution is 6.73. The molecule has 0 radical (unpaired) electrons. The van der Waals surface area contributed by atoms with E-state index in [1.54, 1.807) is 0 Å². The van der Waals surface area contributed by atoms with E-state index in [0.29, 0.717) is 5.92 Å². The molecule has 0 saturated carbocycles. The third-order valence-corrected chi connectivity index (χ3v) is 9.37. The zero-order valence-corrected chi connectivity index (χ0v) is 17.7. The topological polar surface area (TPSA) is 9.23 Å². The maximum Gasteiger partial charge on any atom is 0.249 e. The van der Waals surface area contributed by atoms with Gasteiger partial charge in [0.1, 0.15) is 0 Å². The highest BCUT2D eigenvalue weighted by Crippen LogP contribution is 2.22. The molecule has 0 aromatic carbocycles. The second-order valence-electron chi connectivity index (χ2n) is 7.12. The van der Waals surface area contributed by atoms with Gasteiger partial charge in [-0.1, -0.05) is 51.0 Å². The first-order valence-electron chi connectivity index (χ1n) is 9.52. The summed E-state index contributed by atoms with van der Waals surface area (Å²) >= 11 is 0. The molecule has 0 rings (SSSR count). The Morgan fingerprint density at radius 2 is 1.57 bits per heavy atom. The molecule has 0 bridgehead atoms. The molecule has 0 spiro atoms. The third-order valence-electron chi connectivity index (χ3n) is 4.86. The average molecular weight is 337 g/mol. The van der Waals surface area contributed by atoms with Gasteiger partial charge < -0.3 is 4.43 Å². The predicted octanol–water partition coefficient (Wildman–Crippen LogP) is 7.63. The molecule has 0 N–H and O–H groups in total. The summed E-state index contributed by atoms with van der Waals surface area (Å²) in [4.78, 5) is 0. The van der Waals surface area contributed by atoms with Crippen LogP contribution in [0.15, 0.2) is 35.6 Å². The quantitative estimate of drug-likeness (QED) is 0.202. The molecule has 1 unspecified atom stereocenters. The molecule has 0 aliphatic carbocycles. The van der Waals surface area contributed by atoms with Crippen LogP contribution >= 0.6 is 0 Å². The molecule has 0 amide bonds. The van der Waals surface area contributed by atoms with Crippen LogP contribution in [-0.4, -0.2) is 8.32 Å². The van der Waals surface area contributed by atoms with Crippen molar-refractivity contribution >= 4 is 8.32 Å². The molecule has 0 aliphatic heterocycles. The molecule has 23 heavy (non-hydrogen) atoms. The maximum atomic E-state index is 6.19. The lowest BCUT2D eigenvalue weighted by molar-refractivity contribution is 0.450. The maximum absolute atomic E-state index is 6.19.